The van der Waals surface area contributed by atoms with Crippen molar-refractivity contribution in [1.82, 2.24) is 5.32 Å². The molecule has 34 heavy (non-hydrogen) atoms. The Morgan fingerprint density at radius 2 is 1.74 bits per heavy atom. The molecule has 0 spiro atoms. The summed E-state index contributed by atoms with van der Waals surface area (Å²) in [6.45, 7) is 4.62. The molecule has 0 saturated carbocycles. The highest BCUT2D eigenvalue weighted by Gasteiger charge is 2.21. The van der Waals surface area contributed by atoms with Gasteiger partial charge in [-0.2, -0.15) is 0 Å². The fraction of sp³-hybridized carbons (Fsp3) is 0.310. The van der Waals surface area contributed by atoms with E-state index < -0.39 is 0 Å². The van der Waals surface area contributed by atoms with Crippen molar-refractivity contribution in [3.63, 3.8) is 0 Å². The molecule has 1 N–H and O–H groups in total. The van der Waals surface area contributed by atoms with Gasteiger partial charge in [0, 0.05) is 18.7 Å². The molecule has 5 heteroatoms. The second-order valence-corrected chi connectivity index (χ2v) is 8.23. The molecular weight excluding hydrogens is 426 g/mol. The maximum atomic E-state index is 6.12. The molecule has 4 rings (SSSR count). The number of methoxy groups -OCH3 is 2. The third kappa shape index (κ3) is 5.79. The Balaban J connectivity index is 1.54. The summed E-state index contributed by atoms with van der Waals surface area (Å²) in [6, 6.07) is 20.7. The molecule has 0 aromatic heterocycles. The van der Waals surface area contributed by atoms with E-state index in [9.17, 15) is 0 Å². The predicted molar refractivity (Wildman–Crippen MR) is 136 cm³/mol. The molecule has 0 bridgehead atoms. The third-order valence-electron chi connectivity index (χ3n) is 6.00. The number of fused-ring (bicyclic) bond motifs is 1. The highest BCUT2D eigenvalue weighted by Crippen LogP contribution is 2.36. The van der Waals surface area contributed by atoms with Gasteiger partial charge in [-0.15, -0.1) is 0 Å². The van der Waals surface area contributed by atoms with E-state index in [0.717, 1.165) is 46.9 Å². The van der Waals surface area contributed by atoms with Crippen molar-refractivity contribution in [2.45, 2.75) is 32.6 Å². The molecule has 0 aliphatic carbocycles. The molecule has 3 aromatic rings. The SMILES string of the molecule is CCOCc1cc(C=CC2NCCc3cc(OCc4ccccc4)c(OC)cc32)ccc1OC. The number of benzene rings is 3. The Kier molecular flexibility index (Phi) is 8.23. The molecule has 1 aliphatic heterocycles. The highest BCUT2D eigenvalue weighted by atomic mass is 16.5. The molecule has 0 saturated heterocycles. The van der Waals surface area contributed by atoms with Gasteiger partial charge in [0.15, 0.2) is 11.5 Å². The van der Waals surface area contributed by atoms with Crippen molar-refractivity contribution in [2.24, 2.45) is 0 Å². The van der Waals surface area contributed by atoms with Crippen LogP contribution in [0.2, 0.25) is 0 Å². The van der Waals surface area contributed by atoms with Gasteiger partial charge in [-0.3, -0.25) is 0 Å². The molecule has 1 aliphatic rings. The quantitative estimate of drug-likeness (QED) is 0.420. The summed E-state index contributed by atoms with van der Waals surface area (Å²) in [5.41, 5.74) is 5.79. The standard InChI is InChI=1S/C29H33NO4/c1-4-33-20-24-16-21(11-13-27(24)31-2)10-12-26-25-18-28(32-3)29(17-23(25)14-15-30-26)34-19-22-8-6-5-7-9-22/h5-13,16-18,26,30H,4,14-15,19-20H2,1-3H3. The van der Waals surface area contributed by atoms with Crippen LogP contribution in [0.4, 0.5) is 0 Å². The smallest absolute Gasteiger partial charge is 0.161 e. The van der Waals surface area contributed by atoms with Gasteiger partial charge in [-0.1, -0.05) is 48.6 Å². The van der Waals surface area contributed by atoms with Crippen LogP contribution >= 0.6 is 0 Å². The van der Waals surface area contributed by atoms with Gasteiger partial charge >= 0.3 is 0 Å². The predicted octanol–water partition coefficient (Wildman–Crippen LogP) is 5.72. The minimum absolute atomic E-state index is 0.0956. The van der Waals surface area contributed by atoms with Crippen LogP contribution < -0.4 is 19.5 Å². The van der Waals surface area contributed by atoms with Crippen molar-refractivity contribution in [2.75, 3.05) is 27.4 Å². The molecule has 1 unspecified atom stereocenters. The van der Waals surface area contributed by atoms with Crippen molar-refractivity contribution in [3.8, 4) is 17.2 Å². The van der Waals surface area contributed by atoms with Crippen LogP contribution in [0.5, 0.6) is 17.2 Å². The van der Waals surface area contributed by atoms with Crippen molar-refractivity contribution >= 4 is 6.08 Å². The number of rotatable bonds is 10. The summed E-state index contributed by atoms with van der Waals surface area (Å²) in [7, 11) is 3.38. The van der Waals surface area contributed by atoms with E-state index in [1.807, 2.05) is 31.2 Å². The first-order valence-electron chi connectivity index (χ1n) is 11.8. The first-order chi connectivity index (χ1) is 16.7. The first kappa shape index (κ1) is 23.9. The molecule has 1 atom stereocenters. The Labute approximate surface area is 202 Å². The van der Waals surface area contributed by atoms with Crippen LogP contribution in [-0.4, -0.2) is 27.4 Å². The fourth-order valence-corrected chi connectivity index (χ4v) is 4.21. The molecular formula is C29H33NO4. The summed E-state index contributed by atoms with van der Waals surface area (Å²) < 4.78 is 22.9. The van der Waals surface area contributed by atoms with Gasteiger partial charge in [0.1, 0.15) is 12.4 Å². The van der Waals surface area contributed by atoms with Crippen LogP contribution in [-0.2, 0) is 24.4 Å². The van der Waals surface area contributed by atoms with Gasteiger partial charge in [0.05, 0.1) is 26.9 Å². The molecule has 3 aromatic carbocycles. The van der Waals surface area contributed by atoms with E-state index in [-0.39, 0.29) is 6.04 Å². The lowest BCUT2D eigenvalue weighted by atomic mass is 9.93. The lowest BCUT2D eigenvalue weighted by molar-refractivity contribution is 0.132. The maximum Gasteiger partial charge on any atom is 0.161 e. The van der Waals surface area contributed by atoms with Gasteiger partial charge in [-0.25, -0.2) is 0 Å². The fourth-order valence-electron chi connectivity index (χ4n) is 4.21. The molecule has 0 fully saturated rings. The van der Waals surface area contributed by atoms with Crippen molar-refractivity contribution < 1.29 is 18.9 Å². The zero-order valence-electron chi connectivity index (χ0n) is 20.2. The van der Waals surface area contributed by atoms with Crippen LogP contribution in [0.1, 0.15) is 40.8 Å². The van der Waals surface area contributed by atoms with Crippen LogP contribution in [0.3, 0.4) is 0 Å². The summed E-state index contributed by atoms with van der Waals surface area (Å²) in [5.74, 6) is 2.38. The van der Waals surface area contributed by atoms with Crippen LogP contribution in [0, 0.1) is 0 Å². The lowest BCUT2D eigenvalue weighted by Gasteiger charge is -2.26. The Morgan fingerprint density at radius 1 is 0.912 bits per heavy atom. The average molecular weight is 460 g/mol. The van der Waals surface area contributed by atoms with Crippen molar-refractivity contribution in [3.05, 3.63) is 94.6 Å². The number of hydrogen-bond acceptors (Lipinski definition) is 5. The molecule has 178 valence electrons. The minimum atomic E-state index is 0.0956. The zero-order valence-corrected chi connectivity index (χ0v) is 20.2. The summed E-state index contributed by atoms with van der Waals surface area (Å²) >= 11 is 0. The highest BCUT2D eigenvalue weighted by molar-refractivity contribution is 5.56. The number of hydrogen-bond donors (Lipinski definition) is 1. The number of nitrogens with one attached hydrogen (secondary N) is 1. The normalized spacial score (nSPS) is 15.2. The third-order valence-corrected chi connectivity index (χ3v) is 6.00. The lowest BCUT2D eigenvalue weighted by Crippen LogP contribution is -2.28. The second kappa shape index (κ2) is 11.7. The Bertz CT molecular complexity index is 1110. The van der Waals surface area contributed by atoms with E-state index in [4.69, 9.17) is 18.9 Å². The summed E-state index contributed by atoms with van der Waals surface area (Å²) in [5, 5.41) is 3.61. The monoisotopic (exact) mass is 459 g/mol. The van der Waals surface area contributed by atoms with Gasteiger partial charge in [0.25, 0.3) is 0 Å². The largest absolute Gasteiger partial charge is 0.496 e. The van der Waals surface area contributed by atoms with Crippen LogP contribution in [0.15, 0.2) is 66.7 Å². The first-order valence-corrected chi connectivity index (χ1v) is 11.8. The van der Waals surface area contributed by atoms with Gasteiger partial charge in [0.2, 0.25) is 0 Å². The van der Waals surface area contributed by atoms with Gasteiger partial charge in [-0.05, 0) is 59.9 Å². The minimum Gasteiger partial charge on any atom is -0.496 e. The van der Waals surface area contributed by atoms with E-state index >= 15 is 0 Å². The summed E-state index contributed by atoms with van der Waals surface area (Å²) in [6.07, 6.45) is 5.30. The molecule has 1 heterocycles. The van der Waals surface area contributed by atoms with Gasteiger partial charge < -0.3 is 24.3 Å². The summed E-state index contributed by atoms with van der Waals surface area (Å²) in [4.78, 5) is 0. The van der Waals surface area contributed by atoms with E-state index in [1.165, 1.54) is 11.1 Å². The van der Waals surface area contributed by atoms with Crippen LogP contribution in [0.25, 0.3) is 6.08 Å². The van der Waals surface area contributed by atoms with E-state index in [1.54, 1.807) is 14.2 Å². The molecule has 0 amide bonds. The molecule has 5 nitrogen and oxygen atoms in total. The van der Waals surface area contributed by atoms with E-state index in [2.05, 4.69) is 53.9 Å². The second-order valence-electron chi connectivity index (χ2n) is 8.23. The topological polar surface area (TPSA) is 49.0 Å². The Hall–Kier alpha value is -3.28. The Morgan fingerprint density at radius 3 is 2.50 bits per heavy atom. The molecule has 0 radical (unpaired) electrons. The van der Waals surface area contributed by atoms with Crippen molar-refractivity contribution in [1.29, 1.82) is 0 Å². The number of ether oxygens (including phenoxy) is 4. The zero-order chi connectivity index (χ0) is 23.8. The maximum absolute atomic E-state index is 6.12. The van der Waals surface area contributed by atoms with E-state index in [0.29, 0.717) is 19.8 Å². The average Bonchev–Trinajstić information content (AvgIpc) is 2.89.